The van der Waals surface area contributed by atoms with E-state index in [1.165, 1.54) is 11.5 Å². The Bertz CT molecular complexity index is 731. The van der Waals surface area contributed by atoms with Gasteiger partial charge in [0.05, 0.1) is 0 Å². The van der Waals surface area contributed by atoms with E-state index in [-0.39, 0.29) is 5.91 Å². The van der Waals surface area contributed by atoms with E-state index in [0.717, 1.165) is 54.1 Å². The minimum Gasteiger partial charge on any atom is -0.345 e. The molecule has 7 heteroatoms. The van der Waals surface area contributed by atoms with Crippen LogP contribution in [0, 0.1) is 5.92 Å². The lowest BCUT2D eigenvalue weighted by Gasteiger charge is -2.22. The fourth-order valence-electron chi connectivity index (χ4n) is 3.07. The fourth-order valence-corrected chi connectivity index (χ4v) is 3.93. The van der Waals surface area contributed by atoms with Crippen molar-refractivity contribution in [1.29, 1.82) is 0 Å². The Kier molecular flexibility index (Phi) is 6.48. The summed E-state index contributed by atoms with van der Waals surface area (Å²) in [5, 5.41) is 1.69. The third-order valence-electron chi connectivity index (χ3n) is 4.43. The Balaban J connectivity index is 1.59. The highest BCUT2D eigenvalue weighted by Gasteiger charge is 2.21. The minimum absolute atomic E-state index is 0.266. The molecule has 1 aromatic heterocycles. The van der Waals surface area contributed by atoms with Gasteiger partial charge in [0, 0.05) is 55.6 Å². The molecule has 1 aliphatic rings. The van der Waals surface area contributed by atoms with Gasteiger partial charge in [-0.25, -0.2) is 4.98 Å². The summed E-state index contributed by atoms with van der Waals surface area (Å²) in [4.78, 5) is 21.3. The molecule has 1 aliphatic heterocycles. The molecule has 140 valence electrons. The number of rotatable bonds is 5. The second kappa shape index (κ2) is 8.82. The van der Waals surface area contributed by atoms with Gasteiger partial charge in [0.25, 0.3) is 0 Å². The van der Waals surface area contributed by atoms with Gasteiger partial charge in [0.1, 0.15) is 5.82 Å². The van der Waals surface area contributed by atoms with Gasteiger partial charge in [-0.3, -0.25) is 4.79 Å². The van der Waals surface area contributed by atoms with Crippen molar-refractivity contribution >= 4 is 34.2 Å². The van der Waals surface area contributed by atoms with Crippen molar-refractivity contribution in [2.24, 2.45) is 5.92 Å². The number of benzene rings is 1. The Morgan fingerprint density at radius 1 is 1.19 bits per heavy atom. The molecule has 0 unspecified atom stereocenters. The summed E-state index contributed by atoms with van der Waals surface area (Å²) < 4.78 is 4.51. The number of hydrogen-bond donors (Lipinski definition) is 0. The van der Waals surface area contributed by atoms with E-state index in [0.29, 0.717) is 18.8 Å². The van der Waals surface area contributed by atoms with Gasteiger partial charge < -0.3 is 9.80 Å². The molecule has 1 saturated heterocycles. The molecular weight excluding hydrogens is 368 g/mol. The maximum absolute atomic E-state index is 12.3. The topological polar surface area (TPSA) is 49.3 Å². The van der Waals surface area contributed by atoms with E-state index >= 15 is 0 Å². The number of halogens is 1. The van der Waals surface area contributed by atoms with Crippen molar-refractivity contribution in [3.05, 3.63) is 40.7 Å². The molecule has 0 aliphatic carbocycles. The van der Waals surface area contributed by atoms with Crippen LogP contribution in [0.25, 0.3) is 0 Å². The molecule has 1 amide bonds. The monoisotopic (exact) mass is 392 g/mol. The van der Waals surface area contributed by atoms with E-state index in [2.05, 4.69) is 23.1 Å². The molecule has 0 N–H and O–H groups in total. The standard InChI is InChI=1S/C19H25ClN4OS/c1-14(2)12-18(25)23-8-3-9-24(11-10-23)19-21-17(22-26-19)13-15-4-6-16(20)7-5-15/h4-7,14H,3,8-13H2,1-2H3. The van der Waals surface area contributed by atoms with Gasteiger partial charge in [0.2, 0.25) is 11.0 Å². The van der Waals surface area contributed by atoms with E-state index in [1.807, 2.05) is 29.2 Å². The third-order valence-corrected chi connectivity index (χ3v) is 5.50. The van der Waals surface area contributed by atoms with Gasteiger partial charge in [0.15, 0.2) is 0 Å². The summed E-state index contributed by atoms with van der Waals surface area (Å²) in [5.74, 6) is 1.51. The molecule has 1 aromatic carbocycles. The van der Waals surface area contributed by atoms with Gasteiger partial charge in [-0.1, -0.05) is 37.6 Å². The van der Waals surface area contributed by atoms with Crippen LogP contribution in [0.5, 0.6) is 0 Å². The second-order valence-electron chi connectivity index (χ2n) is 7.12. The van der Waals surface area contributed by atoms with Gasteiger partial charge in [-0.2, -0.15) is 4.37 Å². The zero-order chi connectivity index (χ0) is 18.5. The van der Waals surface area contributed by atoms with Crippen molar-refractivity contribution in [3.63, 3.8) is 0 Å². The van der Waals surface area contributed by atoms with Crippen LogP contribution in [-0.2, 0) is 11.2 Å². The molecule has 2 heterocycles. The van der Waals surface area contributed by atoms with Crippen LogP contribution in [0.2, 0.25) is 5.02 Å². The summed E-state index contributed by atoms with van der Waals surface area (Å²) in [5.41, 5.74) is 1.15. The molecule has 0 spiro atoms. The highest BCUT2D eigenvalue weighted by atomic mass is 35.5. The largest absolute Gasteiger partial charge is 0.345 e. The minimum atomic E-state index is 0.266. The summed E-state index contributed by atoms with van der Waals surface area (Å²) in [7, 11) is 0. The molecule has 3 rings (SSSR count). The first-order valence-corrected chi connectivity index (χ1v) is 10.3. The van der Waals surface area contributed by atoms with Crippen molar-refractivity contribution in [2.45, 2.75) is 33.1 Å². The summed E-state index contributed by atoms with van der Waals surface area (Å²) in [6.45, 7) is 7.51. The van der Waals surface area contributed by atoms with Crippen LogP contribution in [0.4, 0.5) is 5.13 Å². The van der Waals surface area contributed by atoms with Gasteiger partial charge in [-0.05, 0) is 30.0 Å². The highest BCUT2D eigenvalue weighted by molar-refractivity contribution is 7.09. The normalized spacial score (nSPS) is 15.4. The predicted octanol–water partition coefficient (Wildman–Crippen LogP) is 3.87. The molecule has 0 saturated carbocycles. The number of carbonyl (C=O) groups excluding carboxylic acids is 1. The van der Waals surface area contributed by atoms with E-state index in [4.69, 9.17) is 16.6 Å². The van der Waals surface area contributed by atoms with Crippen LogP contribution < -0.4 is 4.90 Å². The highest BCUT2D eigenvalue weighted by Crippen LogP contribution is 2.21. The van der Waals surface area contributed by atoms with Crippen LogP contribution in [-0.4, -0.2) is 46.3 Å². The van der Waals surface area contributed by atoms with E-state index in [1.54, 1.807) is 0 Å². The first-order chi connectivity index (χ1) is 12.5. The summed E-state index contributed by atoms with van der Waals surface area (Å²) in [6, 6.07) is 7.80. The van der Waals surface area contributed by atoms with Crippen LogP contribution in [0.15, 0.2) is 24.3 Å². The van der Waals surface area contributed by atoms with E-state index < -0.39 is 0 Å². The van der Waals surface area contributed by atoms with Crippen LogP contribution in [0.3, 0.4) is 0 Å². The zero-order valence-corrected chi connectivity index (χ0v) is 16.9. The molecule has 0 radical (unpaired) electrons. The van der Waals surface area contributed by atoms with Crippen molar-refractivity contribution in [1.82, 2.24) is 14.3 Å². The molecule has 2 aromatic rings. The van der Waals surface area contributed by atoms with Crippen LogP contribution >= 0.6 is 23.1 Å². The lowest BCUT2D eigenvalue weighted by atomic mass is 10.1. The zero-order valence-electron chi connectivity index (χ0n) is 15.3. The maximum atomic E-state index is 12.3. The number of amides is 1. The van der Waals surface area contributed by atoms with Gasteiger partial charge >= 0.3 is 0 Å². The number of hydrogen-bond acceptors (Lipinski definition) is 5. The number of aromatic nitrogens is 2. The quantitative estimate of drug-likeness (QED) is 0.775. The van der Waals surface area contributed by atoms with Crippen molar-refractivity contribution in [2.75, 3.05) is 31.1 Å². The molecule has 0 bridgehead atoms. The molecule has 0 atom stereocenters. The summed E-state index contributed by atoms with van der Waals surface area (Å²) >= 11 is 7.38. The van der Waals surface area contributed by atoms with Crippen molar-refractivity contribution in [3.8, 4) is 0 Å². The van der Waals surface area contributed by atoms with E-state index in [9.17, 15) is 4.79 Å². The molecule has 5 nitrogen and oxygen atoms in total. The van der Waals surface area contributed by atoms with Gasteiger partial charge in [-0.15, -0.1) is 0 Å². The molecular formula is C19H25ClN4OS. The van der Waals surface area contributed by atoms with Crippen molar-refractivity contribution < 1.29 is 4.79 Å². The Labute approximate surface area is 164 Å². The lowest BCUT2D eigenvalue weighted by Crippen LogP contribution is -2.35. The maximum Gasteiger partial charge on any atom is 0.222 e. The Hall–Kier alpha value is -1.66. The average Bonchev–Trinajstić information content (AvgIpc) is 2.91. The third kappa shape index (κ3) is 5.17. The SMILES string of the molecule is CC(C)CC(=O)N1CCCN(c2nc(Cc3ccc(Cl)cc3)ns2)CC1. The number of nitrogens with zero attached hydrogens (tertiary/aromatic N) is 4. The number of carbonyl (C=O) groups is 1. The average molecular weight is 393 g/mol. The Morgan fingerprint density at radius 2 is 1.96 bits per heavy atom. The lowest BCUT2D eigenvalue weighted by molar-refractivity contribution is -0.131. The first-order valence-electron chi connectivity index (χ1n) is 9.11. The predicted molar refractivity (Wildman–Crippen MR) is 107 cm³/mol. The van der Waals surface area contributed by atoms with Crippen LogP contribution in [0.1, 0.15) is 38.1 Å². The summed E-state index contributed by atoms with van der Waals surface area (Å²) in [6.07, 6.45) is 2.31. The Morgan fingerprint density at radius 3 is 2.69 bits per heavy atom. The molecule has 1 fully saturated rings. The second-order valence-corrected chi connectivity index (χ2v) is 8.28. The first kappa shape index (κ1) is 19.1. The smallest absolute Gasteiger partial charge is 0.222 e. The molecule has 26 heavy (non-hydrogen) atoms. The fraction of sp³-hybridized carbons (Fsp3) is 0.526. The number of anilines is 1.